The van der Waals surface area contributed by atoms with Gasteiger partial charge in [0.05, 0.1) is 10.2 Å². The average molecular weight is 215 g/mol. The van der Waals surface area contributed by atoms with E-state index >= 15 is 0 Å². The van der Waals surface area contributed by atoms with Crippen LogP contribution in [0.5, 0.6) is 0 Å². The Labute approximate surface area is 92.0 Å². The quantitative estimate of drug-likeness (QED) is 0.642. The van der Waals surface area contributed by atoms with Crippen molar-refractivity contribution >= 4 is 26.1 Å². The van der Waals surface area contributed by atoms with Gasteiger partial charge in [-0.3, -0.25) is 0 Å². The normalized spacial score (nSPS) is 10.5. The van der Waals surface area contributed by atoms with Crippen molar-refractivity contribution in [3.05, 3.63) is 41.5 Å². The van der Waals surface area contributed by atoms with Crippen LogP contribution in [0.1, 0.15) is 11.1 Å². The number of hydrogen-bond acceptors (Lipinski definition) is 1. The number of hydrogen-bond donors (Lipinski definition) is 0. The van der Waals surface area contributed by atoms with E-state index < -0.39 is 0 Å². The lowest BCUT2D eigenvalue weighted by Gasteiger charge is -2.04. The molecule has 2 heteroatoms. The molecule has 3 radical (unpaired) electrons. The Morgan fingerprint density at radius 2 is 1.86 bits per heavy atom. The zero-order valence-corrected chi connectivity index (χ0v) is 10.1. The first-order valence-electron chi connectivity index (χ1n) is 4.56. The van der Waals surface area contributed by atoms with Gasteiger partial charge in [-0.05, 0) is 35.5 Å². The minimum atomic E-state index is 1.18. The van der Waals surface area contributed by atoms with Gasteiger partial charge in [-0.2, -0.15) is 0 Å². The van der Waals surface area contributed by atoms with E-state index in [0.29, 0.717) is 0 Å². The molecule has 0 nitrogen and oxygen atoms in total. The first-order chi connectivity index (χ1) is 6.66. The molecular formula is C12H11SSi. The molecule has 2 aromatic rings. The third-order valence-corrected chi connectivity index (χ3v) is 3.67. The summed E-state index contributed by atoms with van der Waals surface area (Å²) < 4.78 is 1.18. The van der Waals surface area contributed by atoms with Crippen molar-refractivity contribution in [1.82, 2.24) is 0 Å². The van der Waals surface area contributed by atoms with Crippen LogP contribution >= 0.6 is 11.3 Å². The van der Waals surface area contributed by atoms with Gasteiger partial charge in [0.2, 0.25) is 0 Å². The summed E-state index contributed by atoms with van der Waals surface area (Å²) in [5.41, 5.74) is 4.00. The highest BCUT2D eigenvalue weighted by Gasteiger charge is 2.03. The second-order valence-electron chi connectivity index (χ2n) is 3.48. The van der Waals surface area contributed by atoms with E-state index in [1.54, 1.807) is 11.3 Å². The van der Waals surface area contributed by atoms with Gasteiger partial charge in [-0.1, -0.05) is 29.8 Å². The molecule has 0 N–H and O–H groups in total. The lowest BCUT2D eigenvalue weighted by Crippen LogP contribution is -1.89. The lowest BCUT2D eigenvalue weighted by atomic mass is 10.0. The predicted molar refractivity (Wildman–Crippen MR) is 64.6 cm³/mol. The van der Waals surface area contributed by atoms with Crippen LogP contribution < -0.4 is 4.50 Å². The van der Waals surface area contributed by atoms with Crippen molar-refractivity contribution in [2.24, 2.45) is 0 Å². The number of benzene rings is 1. The smallest absolute Gasteiger partial charge is 0.0864 e. The van der Waals surface area contributed by atoms with Crippen molar-refractivity contribution in [1.29, 1.82) is 0 Å². The Bertz CT molecular complexity index is 457. The SMILES string of the molecule is Cc1ccc(C)c(-c2ccc([Si])s2)c1. The van der Waals surface area contributed by atoms with Crippen LogP contribution in [0, 0.1) is 13.8 Å². The molecule has 0 aliphatic heterocycles. The van der Waals surface area contributed by atoms with Crippen LogP contribution in [0.15, 0.2) is 30.3 Å². The first-order valence-corrected chi connectivity index (χ1v) is 5.87. The Kier molecular flexibility index (Phi) is 2.57. The van der Waals surface area contributed by atoms with Crippen LogP contribution in [0.2, 0.25) is 0 Å². The van der Waals surface area contributed by atoms with Gasteiger partial charge >= 0.3 is 0 Å². The lowest BCUT2D eigenvalue weighted by molar-refractivity contribution is 1.40. The third kappa shape index (κ3) is 1.81. The zero-order chi connectivity index (χ0) is 10.1. The second-order valence-corrected chi connectivity index (χ2v) is 5.47. The molecule has 69 valence electrons. The van der Waals surface area contributed by atoms with Crippen LogP contribution in [0.25, 0.3) is 10.4 Å². The molecule has 0 saturated heterocycles. The van der Waals surface area contributed by atoms with Crippen LogP contribution in [-0.2, 0) is 0 Å². The predicted octanol–water partition coefficient (Wildman–Crippen LogP) is 2.83. The molecule has 0 saturated carbocycles. The van der Waals surface area contributed by atoms with Crippen molar-refractivity contribution in [3.8, 4) is 10.4 Å². The topological polar surface area (TPSA) is 0 Å². The van der Waals surface area contributed by atoms with E-state index in [0.717, 1.165) is 0 Å². The Morgan fingerprint density at radius 1 is 1.07 bits per heavy atom. The van der Waals surface area contributed by atoms with Crippen molar-refractivity contribution < 1.29 is 0 Å². The van der Waals surface area contributed by atoms with Crippen LogP contribution in [-0.4, -0.2) is 10.2 Å². The number of rotatable bonds is 1. The molecule has 1 heterocycles. The van der Waals surface area contributed by atoms with E-state index in [1.807, 2.05) is 0 Å². The summed E-state index contributed by atoms with van der Waals surface area (Å²) in [5, 5.41) is 0. The highest BCUT2D eigenvalue weighted by Crippen LogP contribution is 2.27. The summed E-state index contributed by atoms with van der Waals surface area (Å²) in [5.74, 6) is 0. The molecule has 0 atom stereocenters. The minimum absolute atomic E-state index is 1.18. The maximum Gasteiger partial charge on any atom is 0.0864 e. The molecule has 14 heavy (non-hydrogen) atoms. The van der Waals surface area contributed by atoms with Gasteiger partial charge in [0.25, 0.3) is 0 Å². The van der Waals surface area contributed by atoms with E-state index in [-0.39, 0.29) is 0 Å². The highest BCUT2D eigenvalue weighted by atomic mass is 32.1. The van der Waals surface area contributed by atoms with Crippen molar-refractivity contribution in [2.45, 2.75) is 13.8 Å². The summed E-state index contributed by atoms with van der Waals surface area (Å²) in [4.78, 5) is 1.33. The van der Waals surface area contributed by atoms with Crippen molar-refractivity contribution in [2.75, 3.05) is 0 Å². The molecule has 0 bridgehead atoms. The monoisotopic (exact) mass is 215 g/mol. The molecule has 2 rings (SSSR count). The highest BCUT2D eigenvalue weighted by molar-refractivity contribution is 7.23. The molecule has 0 aliphatic carbocycles. The summed E-state index contributed by atoms with van der Waals surface area (Å²) in [6.45, 7) is 4.28. The Morgan fingerprint density at radius 3 is 2.50 bits per heavy atom. The van der Waals surface area contributed by atoms with Gasteiger partial charge < -0.3 is 0 Å². The molecule has 0 fully saturated rings. The maximum atomic E-state index is 3.54. The largest absolute Gasteiger partial charge is 0.146 e. The molecule has 0 unspecified atom stereocenters. The standard InChI is InChI=1S/C12H11SSi/c1-8-3-4-9(2)10(7-8)11-5-6-12(14)13-11/h3-7H,1-2H3. The molecule has 0 amide bonds. The second kappa shape index (κ2) is 3.71. The summed E-state index contributed by atoms with van der Waals surface area (Å²) in [6.07, 6.45) is 0. The molecule has 0 spiro atoms. The van der Waals surface area contributed by atoms with E-state index in [1.165, 1.54) is 26.1 Å². The Balaban J connectivity index is 2.55. The summed E-state index contributed by atoms with van der Waals surface area (Å²) in [6, 6.07) is 10.8. The average Bonchev–Trinajstić information content (AvgIpc) is 2.56. The van der Waals surface area contributed by atoms with E-state index in [2.05, 4.69) is 54.4 Å². The van der Waals surface area contributed by atoms with Crippen molar-refractivity contribution in [3.63, 3.8) is 0 Å². The van der Waals surface area contributed by atoms with Gasteiger partial charge in [-0.15, -0.1) is 11.3 Å². The zero-order valence-electron chi connectivity index (χ0n) is 8.29. The molecular weight excluding hydrogens is 204 g/mol. The molecule has 1 aromatic carbocycles. The minimum Gasteiger partial charge on any atom is -0.146 e. The van der Waals surface area contributed by atoms with Crippen LogP contribution in [0.3, 0.4) is 0 Å². The van der Waals surface area contributed by atoms with Gasteiger partial charge in [-0.25, -0.2) is 0 Å². The molecule has 0 aliphatic rings. The fourth-order valence-electron chi connectivity index (χ4n) is 1.48. The third-order valence-electron chi connectivity index (χ3n) is 2.26. The number of thiophene rings is 1. The summed E-state index contributed by atoms with van der Waals surface area (Å²) >= 11 is 1.78. The fourth-order valence-corrected chi connectivity index (χ4v) is 2.74. The fraction of sp³-hybridized carbons (Fsp3) is 0.167. The van der Waals surface area contributed by atoms with Crippen LogP contribution in [0.4, 0.5) is 0 Å². The first kappa shape index (κ1) is 9.68. The summed E-state index contributed by atoms with van der Waals surface area (Å²) in [7, 11) is 3.54. The van der Waals surface area contributed by atoms with Gasteiger partial charge in [0.15, 0.2) is 0 Å². The van der Waals surface area contributed by atoms with Gasteiger partial charge in [0, 0.05) is 4.88 Å². The maximum absolute atomic E-state index is 3.54. The Hall–Kier alpha value is -0.863. The molecule has 1 aromatic heterocycles. The van der Waals surface area contributed by atoms with E-state index in [4.69, 9.17) is 0 Å². The van der Waals surface area contributed by atoms with E-state index in [9.17, 15) is 0 Å². The number of aryl methyl sites for hydroxylation is 2. The van der Waals surface area contributed by atoms with Gasteiger partial charge in [0.1, 0.15) is 0 Å².